The molecule has 0 aliphatic carbocycles. The number of urea groups is 1. The highest BCUT2D eigenvalue weighted by molar-refractivity contribution is 5.99. The number of aliphatic hydroxyl groups excluding tert-OH is 1. The molecule has 0 aromatic heterocycles. The van der Waals surface area contributed by atoms with Crippen LogP contribution in [-0.2, 0) is 92.6 Å². The molecule has 0 unspecified atom stereocenters. The van der Waals surface area contributed by atoms with Gasteiger partial charge in [-0.1, -0.05) is 125 Å². The molecule has 658 valence electrons. The van der Waals surface area contributed by atoms with E-state index in [-0.39, 0.29) is 113 Å². The molecule has 1 aliphatic rings. The normalized spacial score (nSPS) is 15.8. The quantitative estimate of drug-likeness (QED) is 0.0398. The van der Waals surface area contributed by atoms with Crippen LogP contribution in [0.15, 0.2) is 54.6 Å². The van der Waals surface area contributed by atoms with Crippen molar-refractivity contribution in [3.63, 3.8) is 0 Å². The number of likely N-dealkylation sites (N-methyl/N-ethyl adjacent to an activating group) is 2. The lowest BCUT2D eigenvalue weighted by atomic mass is 9.89. The van der Waals surface area contributed by atoms with Crippen molar-refractivity contribution in [2.24, 2.45) is 41.2 Å². The number of carboxylic acids is 2. The third kappa shape index (κ3) is 37.0. The molecule has 1 heterocycles. The number of carbonyl (C=O) groups excluding carboxylic acids is 12. The molecule has 0 spiro atoms. The Hall–Kier alpha value is -9.42. The number of carbonyl (C=O) groups is 14. The van der Waals surface area contributed by atoms with Gasteiger partial charge in [0.1, 0.15) is 48.6 Å². The molecule has 3 rings (SSSR count). The van der Waals surface area contributed by atoms with Gasteiger partial charge in [0.2, 0.25) is 53.2 Å². The number of aliphatic carboxylic acids is 2. The Labute approximate surface area is 687 Å². The molecule has 0 radical (unpaired) electrons. The van der Waals surface area contributed by atoms with Crippen molar-refractivity contribution in [3.05, 3.63) is 65.7 Å². The number of hydrogen-bond acceptors (Lipinski definition) is 21. The second-order valence-corrected chi connectivity index (χ2v) is 31.1. The van der Waals surface area contributed by atoms with Crippen LogP contribution in [0.5, 0.6) is 0 Å². The maximum Gasteiger partial charge on any atom is 0.410 e. The fourth-order valence-corrected chi connectivity index (χ4v) is 13.3. The van der Waals surface area contributed by atoms with Crippen LogP contribution in [0.4, 0.5) is 15.3 Å². The van der Waals surface area contributed by atoms with E-state index >= 15 is 0 Å². The first-order valence-corrected chi connectivity index (χ1v) is 40.6. The molecule has 13 N–H and O–H groups in total. The average molecular weight is 1650 g/mol. The molecule has 1 aliphatic heterocycles. The summed E-state index contributed by atoms with van der Waals surface area (Å²) in [5, 5.41) is 51.1. The lowest BCUT2D eigenvalue weighted by Gasteiger charge is -2.40. The summed E-state index contributed by atoms with van der Waals surface area (Å²) in [7, 11) is 4.51. The predicted octanol–water partition coefficient (Wildman–Crippen LogP) is 4.74. The molecule has 2 aromatic rings. The minimum Gasteiger partial charge on any atom is -0.481 e. The van der Waals surface area contributed by atoms with E-state index in [1.807, 2.05) is 45.9 Å². The van der Waals surface area contributed by atoms with Gasteiger partial charge in [-0.15, -0.1) is 0 Å². The SMILES string of the molecule is CC[C@H](C)[C@@H]([C@@H](CC(=O)N1CCC[C@H]1C[C@@H](C)C(=O)N[C@H](C)[C@@H](O)c1ccccc1)OC)N(C)C(=O)[C@@H](NC(=O)[C@H](C(C)C)N(C)C(=O)OCc1ccc(NC(=O)[C@H](CCCNC(N)=O)NC(=O)[C@@H](NC(=O)[C@H](CCC(=O)O)NC(=O)[C@H](CCC(=O)O)NC(=O)CCOCCOCCOCCOCCC(=O)C(C)C)C(C)C)cc1)C(C)C. The van der Waals surface area contributed by atoms with Crippen molar-refractivity contribution in [2.75, 3.05) is 92.5 Å². The van der Waals surface area contributed by atoms with Gasteiger partial charge in [-0.2, -0.15) is 0 Å². The fraction of sp³-hybridized carbons (Fsp3) is 0.683. The number of nitrogens with zero attached hydrogens (tertiary/aromatic N) is 3. The van der Waals surface area contributed by atoms with Crippen molar-refractivity contribution in [2.45, 2.75) is 240 Å². The smallest absolute Gasteiger partial charge is 0.410 e. The highest BCUT2D eigenvalue weighted by Crippen LogP contribution is 2.30. The van der Waals surface area contributed by atoms with Gasteiger partial charge in [0.15, 0.2) is 0 Å². The van der Waals surface area contributed by atoms with E-state index < -0.39 is 175 Å². The van der Waals surface area contributed by atoms with E-state index in [9.17, 15) is 82.4 Å². The number of aliphatic hydroxyl groups is 1. The maximum absolute atomic E-state index is 14.8. The molecule has 35 nitrogen and oxygen atoms in total. The minimum atomic E-state index is -1.65. The number of rotatable bonds is 57. The zero-order valence-corrected chi connectivity index (χ0v) is 70.9. The zero-order chi connectivity index (χ0) is 87.6. The number of hydrogen-bond donors (Lipinski definition) is 12. The number of nitrogens with one attached hydrogen (secondary N) is 8. The van der Waals surface area contributed by atoms with Crippen molar-refractivity contribution in [1.82, 2.24) is 51.9 Å². The van der Waals surface area contributed by atoms with Gasteiger partial charge < -0.3 is 102 Å². The molecular formula is C82H132N12O23. The third-order valence-electron chi connectivity index (χ3n) is 20.4. The number of ketones is 1. The van der Waals surface area contributed by atoms with Gasteiger partial charge in [0.05, 0.1) is 83.6 Å². The number of primary amides is 1. The molecule has 2 aromatic carbocycles. The van der Waals surface area contributed by atoms with E-state index in [1.54, 1.807) is 91.6 Å². The van der Waals surface area contributed by atoms with E-state index in [2.05, 4.69) is 42.5 Å². The van der Waals surface area contributed by atoms with Crippen LogP contribution in [0, 0.1) is 35.5 Å². The summed E-state index contributed by atoms with van der Waals surface area (Å²) in [6.07, 6.45) is -2.31. The number of methoxy groups -OCH3 is 1. The van der Waals surface area contributed by atoms with Gasteiger partial charge in [-0.3, -0.25) is 62.4 Å². The number of nitrogens with two attached hydrogens (primary N) is 1. The van der Waals surface area contributed by atoms with Crippen molar-refractivity contribution >= 4 is 88.7 Å². The Bertz CT molecular complexity index is 3480. The second-order valence-electron chi connectivity index (χ2n) is 31.1. The van der Waals surface area contributed by atoms with E-state index in [0.717, 1.165) is 11.3 Å². The van der Waals surface area contributed by atoms with Crippen molar-refractivity contribution < 1.29 is 111 Å². The number of carboxylic acid groups (broad SMARTS) is 2. The Morgan fingerprint density at radius 2 is 1.11 bits per heavy atom. The predicted molar refractivity (Wildman–Crippen MR) is 433 cm³/mol. The standard InChI is InChI=1S/C82H132N12O23/c1-16-53(10)72(64(112-15)47-66(97)94-37-21-24-59(94)46-54(11)74(103)85-55(12)73(102)57-22-18-17-19-23-57)92(13)80(109)70(51(6)7)91-79(108)71(52(8)9)93(14)82(111)117-48-56-26-28-58(29-27-56)86-75(104)60(25-20-36-84-81(83)110)89-78(107)69(50(4)5)90-77(106)62(31-33-68(100)101)88-76(105)61(30-32-67(98)99)87-65(96)35-39-114-41-43-116-45-44-115-42-40-113-38-34-63(95)49(2)3/h17-19,22-23,26-29,49-55,59-62,64,69-73,102H,16,20-21,24-25,30-48H2,1-15H3,(H,85,103)(H,86,104)(H,87,96)(H,88,105)(H,89,107)(H,90,106)(H,91,108)(H,98,99)(H,100,101)(H3,83,84,110)/t53-,54+,55+,59-,60-,61-,62-,64+,69-,70-,71-,72-,73+/m0/s1. The van der Waals surface area contributed by atoms with Crippen LogP contribution in [0.3, 0.4) is 0 Å². The summed E-state index contributed by atoms with van der Waals surface area (Å²) >= 11 is 0. The highest BCUT2D eigenvalue weighted by Gasteiger charge is 2.42. The summed E-state index contributed by atoms with van der Waals surface area (Å²) in [5.41, 5.74) is 6.63. The minimum absolute atomic E-state index is 0.0122. The molecular weight excluding hydrogens is 1520 g/mol. The summed E-state index contributed by atoms with van der Waals surface area (Å²) in [4.78, 5) is 192. The monoisotopic (exact) mass is 1650 g/mol. The first-order valence-electron chi connectivity index (χ1n) is 40.6. The Balaban J connectivity index is 1.67. The number of amides is 12. The van der Waals surface area contributed by atoms with Crippen LogP contribution in [0.1, 0.15) is 184 Å². The topological polar surface area (TPSA) is 487 Å². The van der Waals surface area contributed by atoms with E-state index in [0.29, 0.717) is 63.2 Å². The van der Waals surface area contributed by atoms with Crippen molar-refractivity contribution in [3.8, 4) is 0 Å². The molecule has 35 heteroatoms. The summed E-state index contributed by atoms with van der Waals surface area (Å²) in [6.45, 7) is 23.0. The van der Waals surface area contributed by atoms with Gasteiger partial charge in [-0.25, -0.2) is 9.59 Å². The first-order chi connectivity index (χ1) is 55.3. The number of Topliss-reactive ketones (excluding diaryl/α,β-unsaturated/α-hetero) is 1. The van der Waals surface area contributed by atoms with Crippen LogP contribution in [0.2, 0.25) is 0 Å². The van der Waals surface area contributed by atoms with Crippen LogP contribution < -0.4 is 48.3 Å². The highest BCUT2D eigenvalue weighted by atomic mass is 16.6. The third-order valence-corrected chi connectivity index (χ3v) is 20.4. The average Bonchev–Trinajstić information content (AvgIpc) is 1.66. The molecule has 1 saturated heterocycles. The summed E-state index contributed by atoms with van der Waals surface area (Å²) in [6, 6.07) is 4.71. The van der Waals surface area contributed by atoms with Crippen LogP contribution >= 0.6 is 0 Å². The number of likely N-dealkylation sites (tertiary alicyclic amines) is 1. The molecule has 1 fully saturated rings. The van der Waals surface area contributed by atoms with E-state index in [1.165, 1.54) is 31.2 Å². The lowest BCUT2D eigenvalue weighted by Crippen LogP contribution is -2.60. The number of benzene rings is 2. The molecule has 0 bridgehead atoms. The molecule has 0 saturated carbocycles. The van der Waals surface area contributed by atoms with Crippen molar-refractivity contribution in [1.29, 1.82) is 0 Å². The summed E-state index contributed by atoms with van der Waals surface area (Å²) in [5.74, 6) is -10.8. The van der Waals surface area contributed by atoms with Crippen LogP contribution in [0.25, 0.3) is 0 Å². The number of anilines is 1. The van der Waals surface area contributed by atoms with Gasteiger partial charge in [0, 0.05) is 83.5 Å². The first kappa shape index (κ1) is 102. The largest absolute Gasteiger partial charge is 0.481 e. The molecule has 117 heavy (non-hydrogen) atoms. The zero-order valence-electron chi connectivity index (χ0n) is 70.9. The Morgan fingerprint density at radius 1 is 0.581 bits per heavy atom. The lowest BCUT2D eigenvalue weighted by molar-refractivity contribution is -0.146. The number of ether oxygens (including phenoxy) is 6. The van der Waals surface area contributed by atoms with Gasteiger partial charge >= 0.3 is 24.1 Å². The molecule has 13 atom stereocenters. The van der Waals surface area contributed by atoms with Crippen LogP contribution in [-0.4, -0.2) is 261 Å². The summed E-state index contributed by atoms with van der Waals surface area (Å²) < 4.78 is 33.6. The van der Waals surface area contributed by atoms with E-state index in [4.69, 9.17) is 34.2 Å². The Kier molecular flexibility index (Phi) is 46.8. The Morgan fingerprint density at radius 3 is 1.64 bits per heavy atom. The maximum atomic E-state index is 14.8. The fourth-order valence-electron chi connectivity index (χ4n) is 13.3. The molecule has 12 amide bonds. The van der Waals surface area contributed by atoms with Gasteiger partial charge in [0.25, 0.3) is 0 Å². The van der Waals surface area contributed by atoms with Gasteiger partial charge in [-0.05, 0) is 98.8 Å². The second kappa shape index (κ2) is 53.8.